The van der Waals surface area contributed by atoms with Gasteiger partial charge >= 0.3 is 0 Å². The van der Waals surface area contributed by atoms with E-state index in [1.54, 1.807) is 0 Å². The van der Waals surface area contributed by atoms with Crippen molar-refractivity contribution in [2.75, 3.05) is 46.1 Å². The van der Waals surface area contributed by atoms with E-state index in [-0.39, 0.29) is 26.3 Å². The average molecular weight is 451 g/mol. The number of aliphatic hydroxyl groups is 5. The van der Waals surface area contributed by atoms with Gasteiger partial charge in [0.2, 0.25) is 0 Å². The molecule has 2 aromatic rings. The second-order valence-electron chi connectivity index (χ2n) is 7.77. The lowest BCUT2D eigenvalue weighted by molar-refractivity contribution is 0.0260. The zero-order chi connectivity index (χ0) is 23.4. The van der Waals surface area contributed by atoms with E-state index >= 15 is 0 Å². The van der Waals surface area contributed by atoms with E-state index in [0.717, 1.165) is 17.5 Å². The molecule has 2 aromatic carbocycles. The Bertz CT molecular complexity index is 759. The van der Waals surface area contributed by atoms with E-state index in [1.165, 1.54) is 0 Å². The molecule has 0 aromatic heterocycles. The summed E-state index contributed by atoms with van der Waals surface area (Å²) in [7, 11) is 0. The second-order valence-corrected chi connectivity index (χ2v) is 7.77. The Balaban J connectivity index is 1.78. The van der Waals surface area contributed by atoms with Crippen molar-refractivity contribution in [1.29, 1.82) is 0 Å². The SMILES string of the molecule is NCC(O)COc1ccc(Cc2ccc(OCC(O)CNC(CO)(CO)CO)cc2)cc1. The molecule has 32 heavy (non-hydrogen) atoms. The van der Waals surface area contributed by atoms with Crippen LogP contribution >= 0.6 is 0 Å². The number of nitrogens with two attached hydrogens (primary N) is 1. The highest BCUT2D eigenvalue weighted by Crippen LogP contribution is 2.18. The Morgan fingerprint density at radius 2 is 1.19 bits per heavy atom. The van der Waals surface area contributed by atoms with Crippen LogP contribution in [0.25, 0.3) is 0 Å². The molecule has 0 aliphatic carbocycles. The molecule has 2 unspecified atom stereocenters. The van der Waals surface area contributed by atoms with Gasteiger partial charge in [0.15, 0.2) is 0 Å². The van der Waals surface area contributed by atoms with Gasteiger partial charge in [0, 0.05) is 13.1 Å². The van der Waals surface area contributed by atoms with Crippen LogP contribution in [0.2, 0.25) is 0 Å². The molecule has 9 nitrogen and oxygen atoms in total. The summed E-state index contributed by atoms with van der Waals surface area (Å²) in [6.07, 6.45) is -0.835. The fourth-order valence-electron chi connectivity index (χ4n) is 2.81. The largest absolute Gasteiger partial charge is 0.491 e. The van der Waals surface area contributed by atoms with Crippen molar-refractivity contribution in [3.8, 4) is 11.5 Å². The van der Waals surface area contributed by atoms with Crippen molar-refractivity contribution < 1.29 is 35.0 Å². The minimum absolute atomic E-state index is 0.0189. The molecule has 0 bridgehead atoms. The van der Waals surface area contributed by atoms with Crippen LogP contribution in [-0.4, -0.2) is 89.4 Å². The molecule has 9 heteroatoms. The summed E-state index contributed by atoms with van der Waals surface area (Å²) >= 11 is 0. The Kier molecular flexibility index (Phi) is 10.8. The first kappa shape index (κ1) is 26.0. The van der Waals surface area contributed by atoms with Crippen molar-refractivity contribution in [1.82, 2.24) is 5.32 Å². The molecule has 0 aliphatic heterocycles. The third-order valence-corrected chi connectivity index (χ3v) is 5.03. The highest BCUT2D eigenvalue weighted by molar-refractivity contribution is 5.34. The molecule has 0 saturated carbocycles. The molecule has 2 atom stereocenters. The summed E-state index contributed by atoms with van der Waals surface area (Å²) in [6.45, 7) is -0.985. The van der Waals surface area contributed by atoms with Crippen LogP contribution in [0.1, 0.15) is 11.1 Å². The lowest BCUT2D eigenvalue weighted by atomic mass is 10.0. The third kappa shape index (κ3) is 8.36. The highest BCUT2D eigenvalue weighted by atomic mass is 16.5. The van der Waals surface area contributed by atoms with Gasteiger partial charge < -0.3 is 46.1 Å². The van der Waals surface area contributed by atoms with E-state index in [0.29, 0.717) is 11.5 Å². The standard InChI is InChI=1S/C23H34N2O7/c24-10-19(29)12-31-21-5-1-17(2-6-21)9-18-3-7-22(8-4-18)32-13-20(30)11-25-23(14-26,15-27)16-28/h1-8,19-20,25-30H,9-16,24H2. The first-order valence-electron chi connectivity index (χ1n) is 10.5. The molecule has 0 amide bonds. The Morgan fingerprint density at radius 3 is 1.59 bits per heavy atom. The monoisotopic (exact) mass is 450 g/mol. The quantitative estimate of drug-likeness (QED) is 0.181. The van der Waals surface area contributed by atoms with Gasteiger partial charge in [-0.2, -0.15) is 0 Å². The van der Waals surface area contributed by atoms with Crippen molar-refractivity contribution >= 4 is 0 Å². The number of nitrogens with one attached hydrogen (secondary N) is 1. The van der Waals surface area contributed by atoms with Crippen molar-refractivity contribution in [2.45, 2.75) is 24.2 Å². The molecule has 8 N–H and O–H groups in total. The maximum absolute atomic E-state index is 10.1. The molecule has 0 fully saturated rings. The Hall–Kier alpha value is -2.24. The summed E-state index contributed by atoms with van der Waals surface area (Å²) in [6, 6.07) is 15.1. The van der Waals surface area contributed by atoms with Gasteiger partial charge in [-0.15, -0.1) is 0 Å². The third-order valence-electron chi connectivity index (χ3n) is 5.03. The maximum atomic E-state index is 10.1. The van der Waals surface area contributed by atoms with Crippen molar-refractivity contribution in [3.63, 3.8) is 0 Å². The van der Waals surface area contributed by atoms with Crippen molar-refractivity contribution in [2.24, 2.45) is 5.73 Å². The molecular formula is C23H34N2O7. The molecule has 0 heterocycles. The zero-order valence-electron chi connectivity index (χ0n) is 18.1. The molecule has 0 radical (unpaired) electrons. The molecule has 0 aliphatic rings. The molecule has 0 saturated heterocycles. The molecular weight excluding hydrogens is 416 g/mol. The van der Waals surface area contributed by atoms with Gasteiger partial charge in [0.05, 0.1) is 25.4 Å². The lowest BCUT2D eigenvalue weighted by Gasteiger charge is -2.29. The normalized spacial score (nSPS) is 13.6. The van der Waals surface area contributed by atoms with E-state index < -0.39 is 37.6 Å². The van der Waals surface area contributed by atoms with E-state index in [9.17, 15) is 25.5 Å². The molecule has 0 spiro atoms. The van der Waals surface area contributed by atoms with Crippen LogP contribution in [0.15, 0.2) is 48.5 Å². The first-order valence-corrected chi connectivity index (χ1v) is 10.5. The van der Waals surface area contributed by atoms with Gasteiger partial charge in [-0.3, -0.25) is 0 Å². The maximum Gasteiger partial charge on any atom is 0.119 e. The first-order chi connectivity index (χ1) is 15.4. The Morgan fingerprint density at radius 1 is 0.750 bits per heavy atom. The minimum atomic E-state index is -1.24. The second kappa shape index (κ2) is 13.3. The van der Waals surface area contributed by atoms with E-state index in [4.69, 9.17) is 15.2 Å². The van der Waals surface area contributed by atoms with Gasteiger partial charge in [-0.25, -0.2) is 0 Å². The number of hydrogen-bond acceptors (Lipinski definition) is 9. The van der Waals surface area contributed by atoms with Crippen LogP contribution < -0.4 is 20.5 Å². The number of rotatable bonds is 15. The number of aliphatic hydroxyl groups excluding tert-OH is 5. The summed E-state index contributed by atoms with van der Waals surface area (Å²) in [5.74, 6) is 1.28. The highest BCUT2D eigenvalue weighted by Gasteiger charge is 2.28. The van der Waals surface area contributed by atoms with Crippen LogP contribution in [0.4, 0.5) is 0 Å². The predicted octanol–water partition coefficient (Wildman–Crippen LogP) is -0.979. The Labute approximate surface area is 188 Å². The van der Waals surface area contributed by atoms with Gasteiger partial charge in [-0.1, -0.05) is 24.3 Å². The average Bonchev–Trinajstić information content (AvgIpc) is 2.84. The summed E-state index contributed by atoms with van der Waals surface area (Å²) in [4.78, 5) is 0. The number of hydrogen-bond donors (Lipinski definition) is 7. The van der Waals surface area contributed by atoms with Crippen LogP contribution in [0, 0.1) is 0 Å². The summed E-state index contributed by atoms with van der Waals surface area (Å²) in [5, 5.41) is 50.1. The van der Waals surface area contributed by atoms with Crippen molar-refractivity contribution in [3.05, 3.63) is 59.7 Å². The number of ether oxygens (including phenoxy) is 2. The molecule has 2 rings (SSSR count). The van der Waals surface area contributed by atoms with Gasteiger partial charge in [-0.05, 0) is 41.8 Å². The van der Waals surface area contributed by atoms with Crippen LogP contribution in [0.3, 0.4) is 0 Å². The zero-order valence-corrected chi connectivity index (χ0v) is 18.1. The van der Waals surface area contributed by atoms with Crippen LogP contribution in [-0.2, 0) is 6.42 Å². The minimum Gasteiger partial charge on any atom is -0.491 e. The van der Waals surface area contributed by atoms with Gasteiger partial charge in [0.1, 0.15) is 36.9 Å². The van der Waals surface area contributed by atoms with E-state index in [1.807, 2.05) is 48.5 Å². The summed E-state index contributed by atoms with van der Waals surface area (Å²) < 4.78 is 11.1. The lowest BCUT2D eigenvalue weighted by Crippen LogP contribution is -2.57. The van der Waals surface area contributed by atoms with Gasteiger partial charge in [0.25, 0.3) is 0 Å². The number of benzene rings is 2. The fourth-order valence-corrected chi connectivity index (χ4v) is 2.81. The summed E-state index contributed by atoms with van der Waals surface area (Å²) in [5.41, 5.74) is 6.31. The van der Waals surface area contributed by atoms with E-state index in [2.05, 4.69) is 5.32 Å². The molecule has 178 valence electrons. The topological polar surface area (TPSA) is 158 Å². The smallest absolute Gasteiger partial charge is 0.119 e. The van der Waals surface area contributed by atoms with Crippen LogP contribution in [0.5, 0.6) is 11.5 Å². The number of β-amino-alcohol motifs (C(OH)–C–C–N with tert-alkyl or cyclic N) is 1. The predicted molar refractivity (Wildman–Crippen MR) is 120 cm³/mol. The fraction of sp³-hybridized carbons (Fsp3) is 0.478.